The second-order valence-corrected chi connectivity index (χ2v) is 6.04. The summed E-state index contributed by atoms with van der Waals surface area (Å²) in [5, 5.41) is 4.31. The first-order valence-electron chi connectivity index (χ1n) is 6.61. The van der Waals surface area contributed by atoms with Crippen LogP contribution in [-0.2, 0) is 6.54 Å². The topological polar surface area (TPSA) is 29.3 Å². The monoisotopic (exact) mass is 274 g/mol. The lowest BCUT2D eigenvalue weighted by atomic mass is 10.0. The van der Waals surface area contributed by atoms with Crippen LogP contribution in [0.15, 0.2) is 41.1 Å². The van der Waals surface area contributed by atoms with Gasteiger partial charge in [-0.1, -0.05) is 29.8 Å². The fourth-order valence-electron chi connectivity index (χ4n) is 2.60. The van der Waals surface area contributed by atoms with Crippen molar-refractivity contribution in [2.45, 2.75) is 32.5 Å². The predicted octanol–water partition coefficient (Wildman–Crippen LogP) is 3.58. The Balaban J connectivity index is 2.14. The molecule has 0 amide bonds. The maximum atomic E-state index is 6.18. The number of aryl methyl sites for hydroxylation is 1. The van der Waals surface area contributed by atoms with Crippen molar-refractivity contribution in [1.82, 2.24) is 4.90 Å². The van der Waals surface area contributed by atoms with Gasteiger partial charge in [0.25, 0.3) is 0 Å². The fraction of sp³-hybridized carbons (Fsp3) is 0.375. The molecule has 1 heterocycles. The van der Waals surface area contributed by atoms with E-state index in [0.717, 1.165) is 6.54 Å². The number of likely N-dealkylation sites (N-methyl/N-ethyl adjacent to an activating group) is 1. The third-order valence-corrected chi connectivity index (χ3v) is 4.07. The average molecular weight is 274 g/mol. The quantitative estimate of drug-likeness (QED) is 0.903. The van der Waals surface area contributed by atoms with Crippen LogP contribution in [0.2, 0.25) is 0 Å². The minimum Gasteiger partial charge on any atom is -0.326 e. The summed E-state index contributed by atoms with van der Waals surface area (Å²) in [6.45, 7) is 5.13. The zero-order valence-electron chi connectivity index (χ0n) is 11.8. The van der Waals surface area contributed by atoms with Gasteiger partial charge in [0.2, 0.25) is 0 Å². The molecule has 3 heteroatoms. The van der Waals surface area contributed by atoms with Gasteiger partial charge in [-0.05, 0) is 48.8 Å². The number of hydrogen-bond donors (Lipinski definition) is 1. The van der Waals surface area contributed by atoms with Crippen LogP contribution in [0.5, 0.6) is 0 Å². The van der Waals surface area contributed by atoms with E-state index in [1.807, 2.05) is 0 Å². The van der Waals surface area contributed by atoms with Crippen molar-refractivity contribution in [2.24, 2.45) is 5.73 Å². The molecule has 2 rings (SSSR count). The molecule has 0 aliphatic heterocycles. The molecule has 0 radical (unpaired) electrons. The summed E-state index contributed by atoms with van der Waals surface area (Å²) in [5.41, 5.74) is 10.1. The molecule has 2 aromatic rings. The molecule has 0 bridgehead atoms. The van der Waals surface area contributed by atoms with Crippen LogP contribution in [0.3, 0.4) is 0 Å². The first kappa shape index (κ1) is 14.3. The molecule has 2 N–H and O–H groups in total. The van der Waals surface area contributed by atoms with E-state index in [1.54, 1.807) is 11.3 Å². The van der Waals surface area contributed by atoms with E-state index in [1.165, 1.54) is 16.7 Å². The third kappa shape index (κ3) is 3.66. The van der Waals surface area contributed by atoms with Crippen LogP contribution in [0.1, 0.15) is 29.7 Å². The summed E-state index contributed by atoms with van der Waals surface area (Å²) in [6, 6.07) is 11.2. The first-order chi connectivity index (χ1) is 9.08. The Morgan fingerprint density at radius 2 is 2.11 bits per heavy atom. The number of rotatable bonds is 5. The van der Waals surface area contributed by atoms with Crippen molar-refractivity contribution in [1.29, 1.82) is 0 Å². The Morgan fingerprint density at radius 1 is 1.32 bits per heavy atom. The van der Waals surface area contributed by atoms with E-state index in [9.17, 15) is 0 Å². The van der Waals surface area contributed by atoms with E-state index < -0.39 is 0 Å². The number of hydrogen-bond acceptors (Lipinski definition) is 3. The van der Waals surface area contributed by atoms with Crippen LogP contribution in [-0.4, -0.2) is 18.0 Å². The molecule has 0 aliphatic carbocycles. The van der Waals surface area contributed by atoms with Gasteiger partial charge in [-0.15, -0.1) is 0 Å². The summed E-state index contributed by atoms with van der Waals surface area (Å²) >= 11 is 1.73. The molecule has 1 aromatic heterocycles. The van der Waals surface area contributed by atoms with Gasteiger partial charge >= 0.3 is 0 Å². The number of benzene rings is 1. The molecule has 0 aliphatic rings. The number of nitrogens with two attached hydrogens (primary N) is 1. The Morgan fingerprint density at radius 3 is 2.68 bits per heavy atom. The van der Waals surface area contributed by atoms with Crippen molar-refractivity contribution in [3.8, 4) is 0 Å². The Hall–Kier alpha value is -1.16. The molecular weight excluding hydrogens is 252 g/mol. The molecule has 0 fully saturated rings. The second-order valence-electron chi connectivity index (χ2n) is 5.26. The summed E-state index contributed by atoms with van der Waals surface area (Å²) < 4.78 is 0. The van der Waals surface area contributed by atoms with Crippen molar-refractivity contribution in [3.05, 3.63) is 57.8 Å². The largest absolute Gasteiger partial charge is 0.326 e. The van der Waals surface area contributed by atoms with Gasteiger partial charge in [0.05, 0.1) is 6.04 Å². The molecule has 2 atom stereocenters. The zero-order chi connectivity index (χ0) is 13.8. The van der Waals surface area contributed by atoms with Gasteiger partial charge in [0, 0.05) is 12.6 Å². The fourth-order valence-corrected chi connectivity index (χ4v) is 3.29. The molecule has 0 spiro atoms. The van der Waals surface area contributed by atoms with Gasteiger partial charge in [0.1, 0.15) is 0 Å². The molecule has 102 valence electrons. The minimum atomic E-state index is 0.115. The third-order valence-electron chi connectivity index (χ3n) is 3.37. The highest BCUT2D eigenvalue weighted by Crippen LogP contribution is 2.25. The highest BCUT2D eigenvalue weighted by Gasteiger charge is 2.21. The number of thiophene rings is 1. The minimum absolute atomic E-state index is 0.115. The smallest absolute Gasteiger partial charge is 0.0505 e. The summed E-state index contributed by atoms with van der Waals surface area (Å²) in [4.78, 5) is 2.33. The van der Waals surface area contributed by atoms with E-state index in [0.29, 0.717) is 0 Å². The van der Waals surface area contributed by atoms with Crippen molar-refractivity contribution >= 4 is 11.3 Å². The number of nitrogens with zero attached hydrogens (tertiary/aromatic N) is 1. The molecule has 2 unspecified atom stereocenters. The predicted molar refractivity (Wildman–Crippen MR) is 83.4 cm³/mol. The van der Waals surface area contributed by atoms with Crippen LogP contribution in [0, 0.1) is 6.92 Å². The Labute approximate surface area is 119 Å². The van der Waals surface area contributed by atoms with Crippen molar-refractivity contribution < 1.29 is 0 Å². The van der Waals surface area contributed by atoms with Gasteiger partial charge in [0.15, 0.2) is 0 Å². The molecule has 19 heavy (non-hydrogen) atoms. The lowest BCUT2D eigenvalue weighted by molar-refractivity contribution is 0.211. The van der Waals surface area contributed by atoms with Crippen LogP contribution < -0.4 is 5.73 Å². The summed E-state index contributed by atoms with van der Waals surface area (Å²) in [6.07, 6.45) is 0. The maximum Gasteiger partial charge on any atom is 0.0505 e. The van der Waals surface area contributed by atoms with Crippen molar-refractivity contribution in [2.75, 3.05) is 7.05 Å². The van der Waals surface area contributed by atoms with E-state index in [4.69, 9.17) is 5.73 Å². The van der Waals surface area contributed by atoms with Crippen LogP contribution in [0.25, 0.3) is 0 Å². The zero-order valence-corrected chi connectivity index (χ0v) is 12.7. The maximum absolute atomic E-state index is 6.18. The summed E-state index contributed by atoms with van der Waals surface area (Å²) in [5.74, 6) is 0. The van der Waals surface area contributed by atoms with Crippen LogP contribution in [0.4, 0.5) is 0 Å². The van der Waals surface area contributed by atoms with Gasteiger partial charge in [-0.25, -0.2) is 0 Å². The van der Waals surface area contributed by atoms with Crippen LogP contribution >= 0.6 is 11.3 Å². The Bertz CT molecular complexity index is 505. The van der Waals surface area contributed by atoms with Gasteiger partial charge in [-0.3, -0.25) is 4.90 Å². The normalized spacial score (nSPS) is 14.6. The highest BCUT2D eigenvalue weighted by molar-refractivity contribution is 7.07. The lowest BCUT2D eigenvalue weighted by Gasteiger charge is -2.30. The average Bonchev–Trinajstić information content (AvgIpc) is 2.82. The SMILES string of the molecule is Cc1cccc(CN(C)C(c2ccsc2)C(C)N)c1. The second kappa shape index (κ2) is 6.33. The van der Waals surface area contributed by atoms with E-state index >= 15 is 0 Å². The van der Waals surface area contributed by atoms with Crippen molar-refractivity contribution in [3.63, 3.8) is 0 Å². The molecule has 0 saturated heterocycles. The molecule has 2 nitrogen and oxygen atoms in total. The molecule has 0 saturated carbocycles. The Kier molecular flexibility index (Phi) is 4.75. The van der Waals surface area contributed by atoms with E-state index in [2.05, 4.69) is 66.9 Å². The van der Waals surface area contributed by atoms with E-state index in [-0.39, 0.29) is 12.1 Å². The first-order valence-corrected chi connectivity index (χ1v) is 7.55. The van der Waals surface area contributed by atoms with Gasteiger partial charge < -0.3 is 5.73 Å². The standard InChI is InChI=1S/C16H22N2S/c1-12-5-4-6-14(9-12)10-18(3)16(13(2)17)15-7-8-19-11-15/h4-9,11,13,16H,10,17H2,1-3H3. The lowest BCUT2D eigenvalue weighted by Crippen LogP contribution is -2.36. The summed E-state index contributed by atoms with van der Waals surface area (Å²) in [7, 11) is 2.15. The highest BCUT2D eigenvalue weighted by atomic mass is 32.1. The molecule has 1 aromatic carbocycles. The molecular formula is C16H22N2S. The van der Waals surface area contributed by atoms with Gasteiger partial charge in [-0.2, -0.15) is 11.3 Å².